The zero-order chi connectivity index (χ0) is 13.8. The van der Waals surface area contributed by atoms with Crippen molar-refractivity contribution < 1.29 is 9.53 Å². The van der Waals surface area contributed by atoms with Crippen molar-refractivity contribution in [2.45, 2.75) is 19.3 Å². The van der Waals surface area contributed by atoms with Crippen LogP contribution in [0.25, 0.3) is 0 Å². The molecule has 2 rings (SSSR count). The quantitative estimate of drug-likeness (QED) is 0.849. The molecule has 1 aliphatic heterocycles. The lowest BCUT2D eigenvalue weighted by Crippen LogP contribution is -2.29. The fraction of sp³-hybridized carbons (Fsp3) is 0.643. The zero-order valence-corrected chi connectivity index (χ0v) is 12.8. The largest absolute Gasteiger partial charge is 0.383 e. The highest BCUT2D eigenvalue weighted by Crippen LogP contribution is 2.34. The maximum absolute atomic E-state index is 12.3. The molecule has 0 aliphatic carbocycles. The van der Waals surface area contributed by atoms with Gasteiger partial charge in [-0.05, 0) is 30.9 Å². The lowest BCUT2D eigenvalue weighted by Gasteiger charge is -2.16. The molecule has 0 atom stereocenters. The summed E-state index contributed by atoms with van der Waals surface area (Å²) in [6.07, 6.45) is 3.53. The minimum Gasteiger partial charge on any atom is -0.383 e. The van der Waals surface area contributed by atoms with E-state index >= 15 is 0 Å². The van der Waals surface area contributed by atoms with Gasteiger partial charge in [-0.25, -0.2) is 0 Å². The number of aryl methyl sites for hydroxylation is 1. The molecular weight excluding hydrogens is 260 g/mol. The summed E-state index contributed by atoms with van der Waals surface area (Å²) in [4.78, 5) is 17.2. The van der Waals surface area contributed by atoms with E-state index in [1.54, 1.807) is 23.3 Å². The van der Waals surface area contributed by atoms with Gasteiger partial charge in [0.2, 0.25) is 0 Å². The van der Waals surface area contributed by atoms with Crippen molar-refractivity contribution in [3.8, 4) is 0 Å². The van der Waals surface area contributed by atoms with Crippen LogP contribution in [-0.4, -0.2) is 51.7 Å². The summed E-state index contributed by atoms with van der Waals surface area (Å²) in [5, 5.41) is 1.26. The van der Waals surface area contributed by atoms with Crippen LogP contribution in [0.15, 0.2) is 6.07 Å². The molecule has 0 N–H and O–H groups in total. The number of anilines is 1. The molecule has 19 heavy (non-hydrogen) atoms. The van der Waals surface area contributed by atoms with Gasteiger partial charge in [0, 0.05) is 34.3 Å². The molecular formula is C14H22N2O2S. The number of hydrogen-bond acceptors (Lipinski definition) is 4. The summed E-state index contributed by atoms with van der Waals surface area (Å²) in [5.41, 5.74) is 1.33. The number of methoxy groups -OCH3 is 1. The average molecular weight is 282 g/mol. The first-order chi connectivity index (χ1) is 9.13. The number of amides is 1. The summed E-state index contributed by atoms with van der Waals surface area (Å²) in [7, 11) is 5.60. The Kier molecular flexibility index (Phi) is 4.82. The van der Waals surface area contributed by atoms with Gasteiger partial charge in [0.1, 0.15) is 0 Å². The highest BCUT2D eigenvalue weighted by molar-refractivity contribution is 7.18. The van der Waals surface area contributed by atoms with Gasteiger partial charge in [-0.1, -0.05) is 0 Å². The molecule has 1 aliphatic rings. The second-order valence-corrected chi connectivity index (χ2v) is 6.07. The van der Waals surface area contributed by atoms with Crippen molar-refractivity contribution in [2.75, 3.05) is 45.8 Å². The number of carbonyl (C=O) groups is 1. The standard InChI is InChI=1S/C14H22N2O2S/c1-15(8-9-18-3)13(17)12-10-11-6-4-5-7-16(2)14(11)19-12/h10H,4-9H2,1-3H3. The Morgan fingerprint density at radius 1 is 1.53 bits per heavy atom. The van der Waals surface area contributed by atoms with Crippen LogP contribution in [0.1, 0.15) is 28.1 Å². The van der Waals surface area contributed by atoms with Crippen molar-refractivity contribution in [1.29, 1.82) is 0 Å². The minimum atomic E-state index is 0.100. The van der Waals surface area contributed by atoms with Gasteiger partial charge in [0.05, 0.1) is 16.5 Å². The lowest BCUT2D eigenvalue weighted by atomic mass is 10.1. The highest BCUT2D eigenvalue weighted by atomic mass is 32.1. The number of ether oxygens (including phenoxy) is 1. The summed E-state index contributed by atoms with van der Waals surface area (Å²) in [5.74, 6) is 0.100. The van der Waals surface area contributed by atoms with Crippen molar-refractivity contribution in [3.63, 3.8) is 0 Å². The summed E-state index contributed by atoms with van der Waals surface area (Å²) < 4.78 is 5.01. The maximum atomic E-state index is 12.3. The second-order valence-electron chi connectivity index (χ2n) is 5.04. The lowest BCUT2D eigenvalue weighted by molar-refractivity contribution is 0.0749. The first kappa shape index (κ1) is 14.3. The number of hydrogen-bond donors (Lipinski definition) is 0. The van der Waals surface area contributed by atoms with E-state index in [1.165, 1.54) is 23.4 Å². The van der Waals surface area contributed by atoms with E-state index in [1.807, 2.05) is 7.05 Å². The first-order valence-corrected chi connectivity index (χ1v) is 7.53. The van der Waals surface area contributed by atoms with Crippen LogP contribution in [0.5, 0.6) is 0 Å². The molecule has 0 bridgehead atoms. The van der Waals surface area contributed by atoms with E-state index in [4.69, 9.17) is 4.74 Å². The number of thiophene rings is 1. The monoisotopic (exact) mass is 282 g/mol. The minimum absolute atomic E-state index is 0.100. The van der Waals surface area contributed by atoms with Crippen molar-refractivity contribution in [1.82, 2.24) is 4.90 Å². The van der Waals surface area contributed by atoms with Gasteiger partial charge in [-0.3, -0.25) is 4.79 Å². The molecule has 0 saturated heterocycles. The van der Waals surface area contributed by atoms with Gasteiger partial charge in [-0.15, -0.1) is 11.3 Å². The van der Waals surface area contributed by atoms with E-state index in [-0.39, 0.29) is 5.91 Å². The Bertz CT molecular complexity index is 445. The Morgan fingerprint density at radius 3 is 3.05 bits per heavy atom. The summed E-state index contributed by atoms with van der Waals surface area (Å²) in [6.45, 7) is 2.29. The normalized spacial score (nSPS) is 15.0. The van der Waals surface area contributed by atoms with Crippen molar-refractivity contribution in [2.24, 2.45) is 0 Å². The molecule has 0 fully saturated rings. The Labute approximate surface area is 119 Å². The highest BCUT2D eigenvalue weighted by Gasteiger charge is 2.21. The van der Waals surface area contributed by atoms with E-state index in [0.29, 0.717) is 13.2 Å². The Hall–Kier alpha value is -1.07. The molecule has 1 aromatic heterocycles. The van der Waals surface area contributed by atoms with E-state index < -0.39 is 0 Å². The smallest absolute Gasteiger partial charge is 0.263 e. The maximum Gasteiger partial charge on any atom is 0.263 e. The number of fused-ring (bicyclic) bond motifs is 1. The Morgan fingerprint density at radius 2 is 2.32 bits per heavy atom. The van der Waals surface area contributed by atoms with Crippen LogP contribution >= 0.6 is 11.3 Å². The second kappa shape index (κ2) is 6.39. The molecule has 106 valence electrons. The third-order valence-electron chi connectivity index (χ3n) is 3.51. The molecule has 0 spiro atoms. The molecule has 0 aromatic carbocycles. The molecule has 0 saturated carbocycles. The zero-order valence-electron chi connectivity index (χ0n) is 11.9. The van der Waals surface area contributed by atoms with Crippen LogP contribution in [0, 0.1) is 0 Å². The number of carbonyl (C=O) groups excluding carboxylic acids is 1. The van der Waals surface area contributed by atoms with E-state index in [9.17, 15) is 4.79 Å². The predicted octanol–water partition coefficient (Wildman–Crippen LogP) is 2.24. The van der Waals surface area contributed by atoms with Gasteiger partial charge in [-0.2, -0.15) is 0 Å². The predicted molar refractivity (Wildman–Crippen MR) is 79.4 cm³/mol. The summed E-state index contributed by atoms with van der Waals surface area (Å²) in [6, 6.07) is 2.08. The average Bonchev–Trinajstić information content (AvgIpc) is 2.76. The Balaban J connectivity index is 2.13. The topological polar surface area (TPSA) is 32.8 Å². The van der Waals surface area contributed by atoms with Crippen molar-refractivity contribution >= 4 is 22.2 Å². The van der Waals surface area contributed by atoms with Crippen LogP contribution in [-0.2, 0) is 11.2 Å². The SMILES string of the molecule is COCCN(C)C(=O)c1cc2c(s1)N(C)CCCC2. The van der Waals surface area contributed by atoms with Gasteiger partial charge < -0.3 is 14.5 Å². The molecule has 2 heterocycles. The van der Waals surface area contributed by atoms with Crippen LogP contribution in [0.3, 0.4) is 0 Å². The number of rotatable bonds is 4. The number of likely N-dealkylation sites (N-methyl/N-ethyl adjacent to an activating group) is 1. The fourth-order valence-corrected chi connectivity index (χ4v) is 3.50. The molecule has 5 heteroatoms. The van der Waals surface area contributed by atoms with Crippen LogP contribution in [0.4, 0.5) is 5.00 Å². The van der Waals surface area contributed by atoms with E-state index in [0.717, 1.165) is 17.8 Å². The van der Waals surface area contributed by atoms with Gasteiger partial charge >= 0.3 is 0 Å². The van der Waals surface area contributed by atoms with E-state index in [2.05, 4.69) is 18.0 Å². The van der Waals surface area contributed by atoms with Gasteiger partial charge in [0.25, 0.3) is 5.91 Å². The molecule has 1 aromatic rings. The van der Waals surface area contributed by atoms with Crippen LogP contribution < -0.4 is 4.90 Å². The fourth-order valence-electron chi connectivity index (χ4n) is 2.31. The number of nitrogens with zero attached hydrogens (tertiary/aromatic N) is 2. The molecule has 0 radical (unpaired) electrons. The molecule has 1 amide bonds. The summed E-state index contributed by atoms with van der Waals surface area (Å²) >= 11 is 1.62. The molecule has 0 unspecified atom stereocenters. The van der Waals surface area contributed by atoms with Crippen molar-refractivity contribution in [3.05, 3.63) is 16.5 Å². The van der Waals surface area contributed by atoms with Crippen LogP contribution in [0.2, 0.25) is 0 Å². The third-order valence-corrected chi connectivity index (χ3v) is 4.79. The van der Waals surface area contributed by atoms with Gasteiger partial charge in [0.15, 0.2) is 0 Å². The molecule has 4 nitrogen and oxygen atoms in total. The third kappa shape index (κ3) is 3.28. The first-order valence-electron chi connectivity index (χ1n) is 6.71.